The molecule has 0 spiro atoms. The van der Waals surface area contributed by atoms with Gasteiger partial charge in [0.2, 0.25) is 11.8 Å². The lowest BCUT2D eigenvalue weighted by molar-refractivity contribution is -0.149. The quantitative estimate of drug-likeness (QED) is 0.424. The minimum Gasteiger partial charge on any atom is -0.351 e. The highest BCUT2D eigenvalue weighted by Gasteiger charge is 2.42. The average Bonchev–Trinajstić information content (AvgIpc) is 3.09. The van der Waals surface area contributed by atoms with Gasteiger partial charge in [-0.15, -0.1) is 0 Å². The van der Waals surface area contributed by atoms with Crippen LogP contribution in [0.5, 0.6) is 0 Å². The van der Waals surface area contributed by atoms with E-state index in [1.54, 1.807) is 36.4 Å². The summed E-state index contributed by atoms with van der Waals surface area (Å²) in [5.74, 6) is -2.46. The lowest BCUT2D eigenvalue weighted by Gasteiger charge is -2.28. The maximum atomic E-state index is 12.8. The minimum absolute atomic E-state index is 0.0278. The molecule has 0 radical (unpaired) electrons. The van der Waals surface area contributed by atoms with E-state index in [4.69, 9.17) is 23.2 Å². The summed E-state index contributed by atoms with van der Waals surface area (Å²) in [6.07, 6.45) is 1.20. The van der Waals surface area contributed by atoms with Crippen LogP contribution in [-0.2, 0) is 25.7 Å². The molecule has 2 aliphatic heterocycles. The van der Waals surface area contributed by atoms with E-state index in [0.29, 0.717) is 27.0 Å². The number of rotatable bonds is 6. The van der Waals surface area contributed by atoms with Gasteiger partial charge in [0.15, 0.2) is 0 Å². The Hall–Kier alpha value is -3.89. The number of nitrogens with zero attached hydrogens (tertiary/aromatic N) is 1. The van der Waals surface area contributed by atoms with E-state index in [1.165, 1.54) is 0 Å². The van der Waals surface area contributed by atoms with Crippen LogP contribution in [-0.4, -0.2) is 40.6 Å². The van der Waals surface area contributed by atoms with Crippen molar-refractivity contribution in [2.75, 3.05) is 10.6 Å². The Labute approximate surface area is 216 Å². The number of nitrogens with one attached hydrogen (secondary N) is 4. The topological polar surface area (TPSA) is 137 Å². The molecule has 186 valence electrons. The number of aryl methyl sites for hydroxylation is 1. The lowest BCUT2D eigenvalue weighted by Crippen LogP contribution is -2.54. The summed E-state index contributed by atoms with van der Waals surface area (Å²) < 4.78 is 0. The van der Waals surface area contributed by atoms with Crippen molar-refractivity contribution in [1.29, 1.82) is 0 Å². The molecule has 1 fully saturated rings. The van der Waals surface area contributed by atoms with Crippen molar-refractivity contribution in [1.82, 2.24) is 15.5 Å². The molecule has 0 saturated carbocycles. The predicted molar refractivity (Wildman–Crippen MR) is 133 cm³/mol. The molecule has 2 aliphatic rings. The van der Waals surface area contributed by atoms with E-state index in [2.05, 4.69) is 21.3 Å². The smallest absolute Gasteiger partial charge is 0.319 e. The molecular formula is C24H21Cl2N5O5. The maximum Gasteiger partial charge on any atom is 0.319 e. The molecule has 12 heteroatoms. The monoisotopic (exact) mass is 529 g/mol. The first-order valence-electron chi connectivity index (χ1n) is 10.9. The number of imide groups is 2. The first-order chi connectivity index (χ1) is 17.1. The van der Waals surface area contributed by atoms with Crippen molar-refractivity contribution in [3.63, 3.8) is 0 Å². The van der Waals surface area contributed by atoms with Gasteiger partial charge in [-0.25, -0.2) is 4.79 Å². The number of piperidine rings is 1. The predicted octanol–water partition coefficient (Wildman–Crippen LogP) is 3.09. The van der Waals surface area contributed by atoms with Crippen LogP contribution < -0.4 is 21.3 Å². The standard InChI is InChI=1S/C24H21Cl2N5O5/c1-12-2-3-15(9-17(12)26)29-24(36)27-11-13-8-14(4-5-16(13)25)28-18-10-21(33)31(23(18)35)19-6-7-20(32)30-22(19)34/h2-5,8-10,19,28H,6-7,11H2,1H3,(H2,27,29,36)(H,30,32,34). The largest absolute Gasteiger partial charge is 0.351 e. The zero-order valence-electron chi connectivity index (χ0n) is 19.0. The Morgan fingerprint density at radius 1 is 1.06 bits per heavy atom. The average molecular weight is 530 g/mol. The van der Waals surface area contributed by atoms with Crippen LogP contribution in [0.1, 0.15) is 24.0 Å². The van der Waals surface area contributed by atoms with Crippen molar-refractivity contribution < 1.29 is 24.0 Å². The van der Waals surface area contributed by atoms with Gasteiger partial charge in [-0.2, -0.15) is 0 Å². The fraction of sp³-hybridized carbons (Fsp3) is 0.208. The highest BCUT2D eigenvalue weighted by Crippen LogP contribution is 2.26. The van der Waals surface area contributed by atoms with Crippen LogP contribution in [0, 0.1) is 6.92 Å². The lowest BCUT2D eigenvalue weighted by atomic mass is 10.0. The molecule has 0 bridgehead atoms. The number of hydrogen-bond acceptors (Lipinski definition) is 6. The van der Waals surface area contributed by atoms with Gasteiger partial charge in [-0.1, -0.05) is 29.3 Å². The minimum atomic E-state index is -1.05. The molecule has 36 heavy (non-hydrogen) atoms. The molecule has 0 aromatic heterocycles. The van der Waals surface area contributed by atoms with Gasteiger partial charge in [0.25, 0.3) is 11.8 Å². The van der Waals surface area contributed by atoms with Crippen molar-refractivity contribution >= 4 is 64.2 Å². The summed E-state index contributed by atoms with van der Waals surface area (Å²) in [6, 6.07) is 8.44. The van der Waals surface area contributed by atoms with E-state index in [0.717, 1.165) is 16.5 Å². The summed E-state index contributed by atoms with van der Waals surface area (Å²) >= 11 is 12.3. The highest BCUT2D eigenvalue weighted by atomic mass is 35.5. The van der Waals surface area contributed by atoms with Crippen molar-refractivity contribution in [2.45, 2.75) is 32.4 Å². The second-order valence-corrected chi connectivity index (χ2v) is 9.06. The second-order valence-electron chi connectivity index (χ2n) is 8.24. The van der Waals surface area contributed by atoms with E-state index < -0.39 is 35.7 Å². The number of hydrogen-bond donors (Lipinski definition) is 4. The molecule has 2 aromatic rings. The van der Waals surface area contributed by atoms with E-state index >= 15 is 0 Å². The Morgan fingerprint density at radius 3 is 2.53 bits per heavy atom. The number of halogens is 2. The van der Waals surface area contributed by atoms with Crippen LogP contribution in [0.4, 0.5) is 16.2 Å². The molecule has 1 unspecified atom stereocenters. The fourth-order valence-electron chi connectivity index (χ4n) is 3.76. The molecule has 1 saturated heterocycles. The normalized spacial score (nSPS) is 17.6. The van der Waals surface area contributed by atoms with Crippen LogP contribution in [0.3, 0.4) is 0 Å². The van der Waals surface area contributed by atoms with Crippen molar-refractivity contribution in [2.24, 2.45) is 0 Å². The van der Waals surface area contributed by atoms with Gasteiger partial charge < -0.3 is 16.0 Å². The molecule has 4 N–H and O–H groups in total. The first-order valence-corrected chi connectivity index (χ1v) is 11.7. The summed E-state index contributed by atoms with van der Waals surface area (Å²) in [4.78, 5) is 61.9. The number of amides is 6. The van der Waals surface area contributed by atoms with Gasteiger partial charge in [0.05, 0.1) is 0 Å². The summed E-state index contributed by atoms with van der Waals surface area (Å²) in [7, 11) is 0. The van der Waals surface area contributed by atoms with Crippen molar-refractivity contribution in [3.8, 4) is 0 Å². The van der Waals surface area contributed by atoms with Gasteiger partial charge >= 0.3 is 6.03 Å². The molecule has 1 atom stereocenters. The Bertz CT molecular complexity index is 1330. The van der Waals surface area contributed by atoms with E-state index in [9.17, 15) is 24.0 Å². The zero-order valence-corrected chi connectivity index (χ0v) is 20.5. The molecule has 2 heterocycles. The Kier molecular flexibility index (Phi) is 7.27. The molecule has 4 rings (SSSR count). The third kappa shape index (κ3) is 5.50. The van der Waals surface area contributed by atoms with Crippen LogP contribution in [0.15, 0.2) is 48.2 Å². The van der Waals surface area contributed by atoms with Gasteiger partial charge in [-0.3, -0.25) is 29.4 Å². The zero-order chi connectivity index (χ0) is 26.0. The second kappa shape index (κ2) is 10.4. The Balaban J connectivity index is 1.39. The molecule has 10 nitrogen and oxygen atoms in total. The fourth-order valence-corrected chi connectivity index (χ4v) is 4.13. The summed E-state index contributed by atoms with van der Waals surface area (Å²) in [5.41, 5.74) is 2.38. The molecule has 2 aromatic carbocycles. The number of urea groups is 1. The number of benzene rings is 2. The highest BCUT2D eigenvalue weighted by molar-refractivity contribution is 6.32. The summed E-state index contributed by atoms with van der Waals surface area (Å²) in [6.45, 7) is 1.93. The summed E-state index contributed by atoms with van der Waals surface area (Å²) in [5, 5.41) is 11.3. The Morgan fingerprint density at radius 2 is 1.81 bits per heavy atom. The maximum absolute atomic E-state index is 12.8. The van der Waals surface area contributed by atoms with Gasteiger partial charge in [0, 0.05) is 40.5 Å². The van der Waals surface area contributed by atoms with Crippen molar-refractivity contribution in [3.05, 3.63) is 69.3 Å². The van der Waals surface area contributed by atoms with Crippen LogP contribution >= 0.6 is 23.2 Å². The number of carbonyl (C=O) groups is 5. The molecule has 6 amide bonds. The van der Waals surface area contributed by atoms with Crippen LogP contribution in [0.25, 0.3) is 0 Å². The van der Waals surface area contributed by atoms with Gasteiger partial charge in [-0.05, 0) is 54.8 Å². The van der Waals surface area contributed by atoms with Gasteiger partial charge in [0.1, 0.15) is 11.7 Å². The first kappa shape index (κ1) is 25.2. The van der Waals surface area contributed by atoms with Crippen LogP contribution in [0.2, 0.25) is 10.0 Å². The molecular weight excluding hydrogens is 509 g/mol. The SMILES string of the molecule is Cc1ccc(NC(=O)NCc2cc(NC3=CC(=O)N(C4CCC(=O)NC4=O)C3=O)ccc2Cl)cc1Cl. The number of carbonyl (C=O) groups excluding carboxylic acids is 5. The third-order valence-corrected chi connectivity index (χ3v) is 6.45. The third-order valence-electron chi connectivity index (χ3n) is 5.67. The number of anilines is 2. The van der Waals surface area contributed by atoms with E-state index in [1.807, 2.05) is 6.92 Å². The van der Waals surface area contributed by atoms with E-state index in [-0.39, 0.29) is 25.1 Å². The molecule has 0 aliphatic carbocycles.